The Labute approximate surface area is 125 Å². The largest absolute Gasteiger partial charge is 0.473 e. The number of nitrogen functional groups attached to an aromatic ring is 1. The summed E-state index contributed by atoms with van der Waals surface area (Å²) < 4.78 is 5.64. The molecule has 3 N–H and O–H groups in total. The number of hydrogen-bond donors (Lipinski definition) is 2. The van der Waals surface area contributed by atoms with Crippen LogP contribution in [0.1, 0.15) is 39.5 Å². The minimum absolute atomic E-state index is 0.0793. The first kappa shape index (κ1) is 15.3. The maximum Gasteiger partial charge on any atom is 0.239 e. The fourth-order valence-electron chi connectivity index (χ4n) is 2.55. The van der Waals surface area contributed by atoms with Gasteiger partial charge >= 0.3 is 0 Å². The number of nitrogens with one attached hydrogen (secondary N) is 1. The van der Waals surface area contributed by atoms with Gasteiger partial charge in [0.25, 0.3) is 0 Å². The lowest BCUT2D eigenvalue weighted by Gasteiger charge is -2.29. The predicted molar refractivity (Wildman–Crippen MR) is 87.6 cm³/mol. The van der Waals surface area contributed by atoms with Crippen molar-refractivity contribution in [2.24, 2.45) is 0 Å². The minimum atomic E-state index is 0.0793. The van der Waals surface area contributed by atoms with Crippen LogP contribution in [0.25, 0.3) is 0 Å². The fourth-order valence-corrected chi connectivity index (χ4v) is 3.38. The van der Waals surface area contributed by atoms with Gasteiger partial charge in [-0.3, -0.25) is 0 Å². The van der Waals surface area contributed by atoms with Crippen LogP contribution in [0.4, 0.5) is 11.5 Å². The van der Waals surface area contributed by atoms with Gasteiger partial charge in [0.1, 0.15) is 5.82 Å². The van der Waals surface area contributed by atoms with E-state index in [0.717, 1.165) is 11.1 Å². The lowest BCUT2D eigenvalue weighted by Crippen LogP contribution is -2.29. The fraction of sp³-hybridized carbons (Fsp3) is 0.667. The van der Waals surface area contributed by atoms with Gasteiger partial charge in [0, 0.05) is 11.3 Å². The van der Waals surface area contributed by atoms with Crippen molar-refractivity contribution >= 4 is 23.3 Å². The van der Waals surface area contributed by atoms with Gasteiger partial charge in [0.2, 0.25) is 5.88 Å². The summed E-state index contributed by atoms with van der Waals surface area (Å²) in [5.41, 5.74) is 6.49. The molecule has 20 heavy (non-hydrogen) atoms. The molecule has 1 fully saturated rings. The van der Waals surface area contributed by atoms with Crippen molar-refractivity contribution in [3.8, 4) is 5.88 Å². The number of nitrogens with two attached hydrogens (primary N) is 1. The maximum atomic E-state index is 5.90. The third-order valence-corrected chi connectivity index (χ3v) is 4.64. The first-order valence-corrected chi connectivity index (χ1v) is 8.59. The molecule has 0 spiro atoms. The molecule has 0 amide bonds. The zero-order valence-electron chi connectivity index (χ0n) is 12.6. The standard InChI is InChI=1S/C15H25N3OS/c1-10(2)19-15-13(16)7-8-14(18-15)17-11-5-4-6-12(9-11)20-3/h7-8,10-12H,4-6,9,16H2,1-3H3,(H,17,18). The molecule has 0 bridgehead atoms. The predicted octanol–water partition coefficient (Wildman–Crippen LogP) is 3.54. The summed E-state index contributed by atoms with van der Waals surface area (Å²) in [6, 6.07) is 4.30. The van der Waals surface area contributed by atoms with E-state index in [0.29, 0.717) is 17.6 Å². The SMILES string of the molecule is CSC1CCCC(Nc2ccc(N)c(OC(C)C)n2)C1. The molecule has 0 aromatic carbocycles. The van der Waals surface area contributed by atoms with Crippen molar-refractivity contribution in [1.29, 1.82) is 0 Å². The Morgan fingerprint density at radius 3 is 2.90 bits per heavy atom. The van der Waals surface area contributed by atoms with Gasteiger partial charge in [-0.2, -0.15) is 16.7 Å². The molecule has 0 radical (unpaired) electrons. The first-order valence-electron chi connectivity index (χ1n) is 7.31. The normalized spacial score (nSPS) is 22.8. The second kappa shape index (κ2) is 7.07. The van der Waals surface area contributed by atoms with E-state index in [1.165, 1.54) is 25.7 Å². The van der Waals surface area contributed by atoms with Gasteiger partial charge in [0.15, 0.2) is 0 Å². The lowest BCUT2D eigenvalue weighted by molar-refractivity contribution is 0.234. The second-order valence-electron chi connectivity index (χ2n) is 5.62. The van der Waals surface area contributed by atoms with Crippen LogP contribution in [-0.4, -0.2) is 28.6 Å². The van der Waals surface area contributed by atoms with Crippen LogP contribution in [0.15, 0.2) is 12.1 Å². The number of rotatable bonds is 5. The average Bonchev–Trinajstić information content (AvgIpc) is 2.42. The molecular weight excluding hydrogens is 270 g/mol. The Morgan fingerprint density at radius 2 is 2.20 bits per heavy atom. The molecule has 1 heterocycles. The molecule has 1 aliphatic rings. The summed E-state index contributed by atoms with van der Waals surface area (Å²) in [5.74, 6) is 1.39. The lowest BCUT2D eigenvalue weighted by atomic mass is 9.95. The second-order valence-corrected chi connectivity index (χ2v) is 6.76. The van der Waals surface area contributed by atoms with Crippen LogP contribution in [-0.2, 0) is 0 Å². The van der Waals surface area contributed by atoms with E-state index in [4.69, 9.17) is 10.5 Å². The molecule has 4 nitrogen and oxygen atoms in total. The van der Waals surface area contributed by atoms with Gasteiger partial charge in [-0.15, -0.1) is 0 Å². The zero-order chi connectivity index (χ0) is 14.5. The van der Waals surface area contributed by atoms with Gasteiger partial charge in [-0.1, -0.05) is 6.42 Å². The van der Waals surface area contributed by atoms with Crippen LogP contribution in [0.3, 0.4) is 0 Å². The Hall–Kier alpha value is -1.10. The van der Waals surface area contributed by atoms with Gasteiger partial charge < -0.3 is 15.8 Å². The van der Waals surface area contributed by atoms with Crippen LogP contribution in [0.5, 0.6) is 5.88 Å². The summed E-state index contributed by atoms with van der Waals surface area (Å²) >= 11 is 1.97. The average molecular weight is 295 g/mol. The summed E-state index contributed by atoms with van der Waals surface area (Å²) in [7, 11) is 0. The highest BCUT2D eigenvalue weighted by molar-refractivity contribution is 7.99. The van der Waals surface area contributed by atoms with Gasteiger partial charge in [0.05, 0.1) is 11.8 Å². The minimum Gasteiger partial charge on any atom is -0.473 e. The van der Waals surface area contributed by atoms with Crippen molar-refractivity contribution in [2.75, 3.05) is 17.3 Å². The van der Waals surface area contributed by atoms with E-state index < -0.39 is 0 Å². The van der Waals surface area contributed by atoms with Crippen molar-refractivity contribution < 1.29 is 4.74 Å². The monoisotopic (exact) mass is 295 g/mol. The van der Waals surface area contributed by atoms with Crippen LogP contribution < -0.4 is 15.8 Å². The van der Waals surface area contributed by atoms with Crippen molar-refractivity contribution in [3.63, 3.8) is 0 Å². The van der Waals surface area contributed by atoms with E-state index in [1.54, 1.807) is 0 Å². The van der Waals surface area contributed by atoms with Crippen molar-refractivity contribution in [3.05, 3.63) is 12.1 Å². The Bertz CT molecular complexity index is 439. The van der Waals surface area contributed by atoms with Crippen LogP contribution in [0.2, 0.25) is 0 Å². The van der Waals surface area contributed by atoms with Gasteiger partial charge in [-0.05, 0) is 51.5 Å². The molecule has 0 aliphatic heterocycles. The molecule has 1 aromatic heterocycles. The number of hydrogen-bond acceptors (Lipinski definition) is 5. The Balaban J connectivity index is 2.02. The Kier molecular flexibility index (Phi) is 5.40. The number of thioether (sulfide) groups is 1. The number of pyridine rings is 1. The molecule has 1 aromatic rings. The molecule has 2 atom stereocenters. The highest BCUT2D eigenvalue weighted by atomic mass is 32.2. The smallest absolute Gasteiger partial charge is 0.239 e. The molecule has 2 rings (SSSR count). The van der Waals surface area contributed by atoms with E-state index in [1.807, 2.05) is 37.7 Å². The molecular formula is C15H25N3OS. The molecule has 0 saturated heterocycles. The van der Waals surface area contributed by atoms with E-state index in [9.17, 15) is 0 Å². The van der Waals surface area contributed by atoms with Crippen LogP contribution >= 0.6 is 11.8 Å². The molecule has 1 saturated carbocycles. The highest BCUT2D eigenvalue weighted by Gasteiger charge is 2.21. The quantitative estimate of drug-likeness (QED) is 0.870. The summed E-state index contributed by atoms with van der Waals surface area (Å²) in [5, 5.41) is 4.29. The zero-order valence-corrected chi connectivity index (χ0v) is 13.4. The third kappa shape index (κ3) is 4.20. The van der Waals surface area contributed by atoms with E-state index >= 15 is 0 Å². The molecule has 112 valence electrons. The summed E-state index contributed by atoms with van der Waals surface area (Å²) in [6.07, 6.45) is 7.31. The molecule has 5 heteroatoms. The van der Waals surface area contributed by atoms with Gasteiger partial charge in [-0.25, -0.2) is 0 Å². The summed E-state index contributed by atoms with van der Waals surface area (Å²) in [6.45, 7) is 3.96. The number of nitrogens with zero attached hydrogens (tertiary/aromatic N) is 1. The maximum absolute atomic E-state index is 5.90. The van der Waals surface area contributed by atoms with Crippen molar-refractivity contribution in [2.45, 2.75) is 56.9 Å². The molecule has 1 aliphatic carbocycles. The van der Waals surface area contributed by atoms with E-state index in [2.05, 4.69) is 16.6 Å². The number of aromatic nitrogens is 1. The topological polar surface area (TPSA) is 60.2 Å². The number of ether oxygens (including phenoxy) is 1. The third-order valence-electron chi connectivity index (χ3n) is 3.55. The number of anilines is 2. The molecule has 2 unspecified atom stereocenters. The summed E-state index contributed by atoms with van der Waals surface area (Å²) in [4.78, 5) is 4.49. The Morgan fingerprint density at radius 1 is 1.40 bits per heavy atom. The van der Waals surface area contributed by atoms with E-state index in [-0.39, 0.29) is 6.10 Å². The first-order chi connectivity index (χ1) is 9.58. The van der Waals surface area contributed by atoms with Crippen molar-refractivity contribution in [1.82, 2.24) is 4.98 Å². The highest BCUT2D eigenvalue weighted by Crippen LogP contribution is 2.29. The van der Waals surface area contributed by atoms with Crippen LogP contribution in [0, 0.1) is 0 Å².